The quantitative estimate of drug-likeness (QED) is 0.785. The molecule has 24 heavy (non-hydrogen) atoms. The number of hydrogen-bond acceptors (Lipinski definition) is 3. The van der Waals surface area contributed by atoms with Crippen molar-refractivity contribution in [3.63, 3.8) is 0 Å². The van der Waals surface area contributed by atoms with E-state index in [-0.39, 0.29) is 18.0 Å². The van der Waals surface area contributed by atoms with Gasteiger partial charge in [-0.15, -0.1) is 6.58 Å². The third kappa shape index (κ3) is 4.23. The normalized spacial score (nSPS) is 10.9. The molecule has 0 atom stereocenters. The molecular weight excluding hydrogens is 324 g/mol. The molecule has 126 valence electrons. The van der Waals surface area contributed by atoms with E-state index in [1.807, 2.05) is 6.92 Å². The molecule has 2 rings (SSSR count). The summed E-state index contributed by atoms with van der Waals surface area (Å²) in [4.78, 5) is 12.2. The molecule has 0 aliphatic rings. The van der Waals surface area contributed by atoms with Gasteiger partial charge in [0.05, 0.1) is 10.6 Å². The highest BCUT2D eigenvalue weighted by atomic mass is 32.2. The van der Waals surface area contributed by atoms with Crippen LogP contribution < -0.4 is 9.62 Å². The van der Waals surface area contributed by atoms with Gasteiger partial charge in [-0.25, -0.2) is 8.42 Å². The van der Waals surface area contributed by atoms with Crippen LogP contribution in [0.5, 0.6) is 0 Å². The van der Waals surface area contributed by atoms with Gasteiger partial charge in [-0.1, -0.05) is 42.0 Å². The Hall–Kier alpha value is -2.60. The number of anilines is 1. The summed E-state index contributed by atoms with van der Waals surface area (Å²) in [7, 11) is -3.84. The second-order valence-electron chi connectivity index (χ2n) is 5.25. The zero-order valence-electron chi connectivity index (χ0n) is 13.5. The summed E-state index contributed by atoms with van der Waals surface area (Å²) in [6.45, 7) is 5.40. The van der Waals surface area contributed by atoms with Gasteiger partial charge in [-0.05, 0) is 31.2 Å². The number of nitrogens with zero attached hydrogens (tertiary/aromatic N) is 1. The van der Waals surface area contributed by atoms with E-state index < -0.39 is 15.9 Å². The summed E-state index contributed by atoms with van der Waals surface area (Å²) in [5.74, 6) is -0.394. The molecule has 0 saturated heterocycles. The summed E-state index contributed by atoms with van der Waals surface area (Å²) >= 11 is 0. The molecule has 0 bridgehead atoms. The minimum Gasteiger partial charge on any atom is -0.351 e. The SMILES string of the molecule is C=CCNC(=O)CN(c1ccccc1)S(=O)(=O)c1ccc(C)cc1. The highest BCUT2D eigenvalue weighted by Gasteiger charge is 2.26. The van der Waals surface area contributed by atoms with Crippen LogP contribution in [0.25, 0.3) is 0 Å². The number of benzene rings is 2. The number of sulfonamides is 1. The Balaban J connectivity index is 2.39. The second kappa shape index (κ2) is 7.79. The molecule has 0 aliphatic heterocycles. The van der Waals surface area contributed by atoms with Gasteiger partial charge in [0, 0.05) is 6.54 Å². The average molecular weight is 344 g/mol. The van der Waals surface area contributed by atoms with Crippen molar-refractivity contribution >= 4 is 21.6 Å². The van der Waals surface area contributed by atoms with Crippen molar-refractivity contribution in [1.29, 1.82) is 0 Å². The number of rotatable bonds is 7. The summed E-state index contributed by atoms with van der Waals surface area (Å²) in [5, 5.41) is 2.60. The van der Waals surface area contributed by atoms with E-state index in [0.29, 0.717) is 5.69 Å². The van der Waals surface area contributed by atoms with Crippen molar-refractivity contribution in [2.45, 2.75) is 11.8 Å². The third-order valence-corrected chi connectivity index (χ3v) is 5.17. The van der Waals surface area contributed by atoms with E-state index in [1.54, 1.807) is 60.7 Å². The molecule has 0 heterocycles. The second-order valence-corrected chi connectivity index (χ2v) is 7.12. The van der Waals surface area contributed by atoms with Crippen molar-refractivity contribution in [3.8, 4) is 0 Å². The van der Waals surface area contributed by atoms with E-state index in [9.17, 15) is 13.2 Å². The first-order valence-electron chi connectivity index (χ1n) is 7.47. The molecule has 1 N–H and O–H groups in total. The lowest BCUT2D eigenvalue weighted by Gasteiger charge is -2.24. The van der Waals surface area contributed by atoms with Crippen LogP contribution in [-0.2, 0) is 14.8 Å². The molecule has 0 saturated carbocycles. The molecule has 0 unspecified atom stereocenters. The third-order valence-electron chi connectivity index (χ3n) is 3.38. The van der Waals surface area contributed by atoms with Gasteiger partial charge in [-0.3, -0.25) is 9.10 Å². The van der Waals surface area contributed by atoms with Crippen molar-refractivity contribution in [3.05, 3.63) is 72.8 Å². The van der Waals surface area contributed by atoms with Crippen LogP contribution in [0.15, 0.2) is 72.1 Å². The minimum absolute atomic E-state index is 0.147. The fourth-order valence-electron chi connectivity index (χ4n) is 2.12. The van der Waals surface area contributed by atoms with Gasteiger partial charge in [0.15, 0.2) is 0 Å². The lowest BCUT2D eigenvalue weighted by atomic mass is 10.2. The first kappa shape index (κ1) is 17.7. The molecule has 6 heteroatoms. The number of carbonyl (C=O) groups is 1. The molecule has 0 radical (unpaired) electrons. The van der Waals surface area contributed by atoms with Crippen molar-refractivity contribution in [1.82, 2.24) is 5.32 Å². The van der Waals surface area contributed by atoms with Crippen LogP contribution in [0.2, 0.25) is 0 Å². The van der Waals surface area contributed by atoms with Crippen molar-refractivity contribution in [2.24, 2.45) is 0 Å². The Kier molecular flexibility index (Phi) is 5.76. The van der Waals surface area contributed by atoms with E-state index in [0.717, 1.165) is 9.87 Å². The van der Waals surface area contributed by atoms with E-state index in [4.69, 9.17) is 0 Å². The van der Waals surface area contributed by atoms with Crippen LogP contribution in [0.3, 0.4) is 0 Å². The van der Waals surface area contributed by atoms with E-state index >= 15 is 0 Å². The van der Waals surface area contributed by atoms with Crippen LogP contribution in [0, 0.1) is 6.92 Å². The Morgan fingerprint density at radius 1 is 1.12 bits per heavy atom. The Morgan fingerprint density at radius 2 is 1.75 bits per heavy atom. The maximum absolute atomic E-state index is 13.0. The number of aryl methyl sites for hydroxylation is 1. The molecule has 2 aromatic carbocycles. The number of amides is 1. The van der Waals surface area contributed by atoms with Gasteiger partial charge in [0.2, 0.25) is 5.91 Å². The number of carbonyl (C=O) groups excluding carboxylic acids is 1. The van der Waals surface area contributed by atoms with E-state index in [1.165, 1.54) is 0 Å². The first-order valence-corrected chi connectivity index (χ1v) is 8.91. The summed E-state index contributed by atoms with van der Waals surface area (Å²) < 4.78 is 27.1. The van der Waals surface area contributed by atoms with Crippen molar-refractivity contribution in [2.75, 3.05) is 17.4 Å². The Labute approximate surface area is 142 Å². The Morgan fingerprint density at radius 3 is 2.33 bits per heavy atom. The molecule has 0 fully saturated rings. The standard InChI is InChI=1S/C18H20N2O3S/c1-3-13-19-18(21)14-20(16-7-5-4-6-8-16)24(22,23)17-11-9-15(2)10-12-17/h3-12H,1,13-14H2,2H3,(H,19,21). The van der Waals surface area contributed by atoms with Crippen LogP contribution in [0.4, 0.5) is 5.69 Å². The smallest absolute Gasteiger partial charge is 0.264 e. The van der Waals surface area contributed by atoms with Crippen molar-refractivity contribution < 1.29 is 13.2 Å². The lowest BCUT2D eigenvalue weighted by Crippen LogP contribution is -2.40. The summed E-state index contributed by atoms with van der Waals surface area (Å²) in [6, 6.07) is 15.1. The predicted molar refractivity (Wildman–Crippen MR) is 95.4 cm³/mol. The topological polar surface area (TPSA) is 66.5 Å². The number of hydrogen-bond donors (Lipinski definition) is 1. The molecule has 0 aromatic heterocycles. The summed E-state index contributed by atoms with van der Waals surface area (Å²) in [6.07, 6.45) is 1.54. The van der Waals surface area contributed by atoms with Crippen LogP contribution in [0.1, 0.15) is 5.56 Å². The number of para-hydroxylation sites is 1. The fraction of sp³-hybridized carbons (Fsp3) is 0.167. The Bertz CT molecular complexity index is 800. The van der Waals surface area contributed by atoms with Gasteiger partial charge >= 0.3 is 0 Å². The average Bonchev–Trinajstić information content (AvgIpc) is 2.59. The maximum Gasteiger partial charge on any atom is 0.264 e. The highest BCUT2D eigenvalue weighted by Crippen LogP contribution is 2.23. The maximum atomic E-state index is 13.0. The number of nitrogens with one attached hydrogen (secondary N) is 1. The molecule has 5 nitrogen and oxygen atoms in total. The first-order chi connectivity index (χ1) is 11.4. The van der Waals surface area contributed by atoms with Gasteiger partial charge in [-0.2, -0.15) is 0 Å². The largest absolute Gasteiger partial charge is 0.351 e. The zero-order valence-corrected chi connectivity index (χ0v) is 14.3. The van der Waals surface area contributed by atoms with Crippen LogP contribution >= 0.6 is 0 Å². The van der Waals surface area contributed by atoms with Gasteiger partial charge in [0.1, 0.15) is 6.54 Å². The molecule has 2 aromatic rings. The zero-order chi connectivity index (χ0) is 17.6. The van der Waals surface area contributed by atoms with E-state index in [2.05, 4.69) is 11.9 Å². The monoisotopic (exact) mass is 344 g/mol. The molecule has 0 spiro atoms. The van der Waals surface area contributed by atoms with Gasteiger partial charge < -0.3 is 5.32 Å². The highest BCUT2D eigenvalue weighted by molar-refractivity contribution is 7.92. The summed E-state index contributed by atoms with van der Waals surface area (Å²) in [5.41, 5.74) is 1.40. The van der Waals surface area contributed by atoms with Gasteiger partial charge in [0.25, 0.3) is 10.0 Å². The lowest BCUT2D eigenvalue weighted by molar-refractivity contribution is -0.119. The molecular formula is C18H20N2O3S. The van der Waals surface area contributed by atoms with Crippen LogP contribution in [-0.4, -0.2) is 27.4 Å². The minimum atomic E-state index is -3.84. The predicted octanol–water partition coefficient (Wildman–Crippen LogP) is 2.49. The molecule has 0 aliphatic carbocycles. The molecule has 1 amide bonds. The fourth-order valence-corrected chi connectivity index (χ4v) is 3.54.